The largest absolute Gasteiger partial charge is 0.396 e. The summed E-state index contributed by atoms with van der Waals surface area (Å²) in [6.45, 7) is 1.49. The first-order valence-corrected chi connectivity index (χ1v) is 4.41. The lowest BCUT2D eigenvalue weighted by Gasteiger charge is -1.97. The van der Waals surface area contributed by atoms with E-state index in [0.29, 0.717) is 24.7 Å². The third-order valence-corrected chi connectivity index (χ3v) is 2.10. The second kappa shape index (κ2) is 3.85. The molecular formula is C8H12N2O3. The lowest BCUT2D eigenvalue weighted by molar-refractivity contribution is 0.189. The minimum atomic E-state index is 0.0557. The van der Waals surface area contributed by atoms with Crippen LogP contribution in [0.3, 0.4) is 0 Å². The van der Waals surface area contributed by atoms with Gasteiger partial charge in [0.1, 0.15) is 0 Å². The molecule has 0 aromatic carbocycles. The lowest BCUT2D eigenvalue weighted by Crippen LogP contribution is -1.98. The Balaban J connectivity index is 2.03. The fourth-order valence-corrected chi connectivity index (χ4v) is 1.36. The van der Waals surface area contributed by atoms with Gasteiger partial charge in [-0.1, -0.05) is 5.16 Å². The molecule has 1 fully saturated rings. The molecule has 0 saturated carbocycles. The number of nitrogens with zero attached hydrogens (tertiary/aromatic N) is 2. The van der Waals surface area contributed by atoms with Gasteiger partial charge in [-0.05, 0) is 6.42 Å². The van der Waals surface area contributed by atoms with E-state index >= 15 is 0 Å². The molecule has 72 valence electrons. The van der Waals surface area contributed by atoms with Gasteiger partial charge < -0.3 is 14.4 Å². The Morgan fingerprint density at radius 3 is 3.15 bits per heavy atom. The molecule has 1 unspecified atom stereocenters. The summed E-state index contributed by atoms with van der Waals surface area (Å²) in [7, 11) is 0. The zero-order valence-corrected chi connectivity index (χ0v) is 7.27. The van der Waals surface area contributed by atoms with E-state index in [1.165, 1.54) is 0 Å². The standard InChI is InChI=1S/C8H12N2O3/c11-3-1-7-9-8(13-10-7)6-2-4-12-5-6/h6,11H,1-5H2. The number of rotatable bonds is 3. The van der Waals surface area contributed by atoms with Gasteiger partial charge in [0.15, 0.2) is 5.82 Å². The Labute approximate surface area is 75.7 Å². The normalized spacial score (nSPS) is 22.4. The molecule has 13 heavy (non-hydrogen) atoms. The molecule has 0 spiro atoms. The van der Waals surface area contributed by atoms with Gasteiger partial charge in [0.05, 0.1) is 19.1 Å². The van der Waals surface area contributed by atoms with Gasteiger partial charge in [-0.25, -0.2) is 0 Å². The fraction of sp³-hybridized carbons (Fsp3) is 0.750. The Morgan fingerprint density at radius 2 is 2.46 bits per heavy atom. The van der Waals surface area contributed by atoms with Crippen molar-refractivity contribution >= 4 is 0 Å². The lowest BCUT2D eigenvalue weighted by atomic mass is 10.1. The van der Waals surface area contributed by atoms with Gasteiger partial charge in [-0.3, -0.25) is 0 Å². The molecule has 1 atom stereocenters. The quantitative estimate of drug-likeness (QED) is 0.722. The molecular weight excluding hydrogens is 172 g/mol. The molecule has 2 heterocycles. The number of aliphatic hydroxyl groups excluding tert-OH is 1. The van der Waals surface area contributed by atoms with Crippen molar-refractivity contribution in [2.24, 2.45) is 0 Å². The Kier molecular flexibility index (Phi) is 2.56. The number of aromatic nitrogens is 2. The summed E-state index contributed by atoms with van der Waals surface area (Å²) in [5.74, 6) is 1.46. The van der Waals surface area contributed by atoms with Crippen LogP contribution in [0.5, 0.6) is 0 Å². The predicted molar refractivity (Wildman–Crippen MR) is 43.3 cm³/mol. The molecule has 2 rings (SSSR count). The third kappa shape index (κ3) is 1.87. The zero-order chi connectivity index (χ0) is 9.10. The van der Waals surface area contributed by atoms with E-state index in [2.05, 4.69) is 10.1 Å². The van der Waals surface area contributed by atoms with E-state index in [9.17, 15) is 0 Å². The topological polar surface area (TPSA) is 68.4 Å². The molecule has 5 heteroatoms. The van der Waals surface area contributed by atoms with Crippen molar-refractivity contribution in [2.45, 2.75) is 18.8 Å². The van der Waals surface area contributed by atoms with Gasteiger partial charge in [0.2, 0.25) is 5.89 Å². The molecule has 0 bridgehead atoms. The molecule has 1 N–H and O–H groups in total. The highest BCUT2D eigenvalue weighted by Crippen LogP contribution is 2.23. The first kappa shape index (κ1) is 8.65. The SMILES string of the molecule is OCCc1noc(C2CCOC2)n1. The van der Waals surface area contributed by atoms with Crippen LogP contribution >= 0.6 is 0 Å². The summed E-state index contributed by atoms with van der Waals surface area (Å²) in [5, 5.41) is 12.4. The average molecular weight is 184 g/mol. The maximum Gasteiger partial charge on any atom is 0.232 e. The van der Waals surface area contributed by atoms with Gasteiger partial charge in [-0.2, -0.15) is 4.98 Å². The van der Waals surface area contributed by atoms with Gasteiger partial charge in [0.25, 0.3) is 0 Å². The van der Waals surface area contributed by atoms with Crippen LogP contribution in [0.2, 0.25) is 0 Å². The predicted octanol–water partition coefficient (Wildman–Crippen LogP) is 0.108. The first-order chi connectivity index (χ1) is 6.40. The van der Waals surface area contributed by atoms with Crippen molar-refractivity contribution in [1.82, 2.24) is 10.1 Å². The van der Waals surface area contributed by atoms with Crippen LogP contribution in [0.1, 0.15) is 24.1 Å². The van der Waals surface area contributed by atoms with Crippen LogP contribution in [0.15, 0.2) is 4.52 Å². The number of hydrogen-bond donors (Lipinski definition) is 1. The molecule has 0 aliphatic carbocycles. The second-order valence-electron chi connectivity index (χ2n) is 3.08. The molecule has 5 nitrogen and oxygen atoms in total. The van der Waals surface area contributed by atoms with Crippen LogP contribution in [-0.4, -0.2) is 35.1 Å². The maximum atomic E-state index is 8.65. The van der Waals surface area contributed by atoms with Crippen LogP contribution < -0.4 is 0 Å². The Morgan fingerprint density at radius 1 is 1.54 bits per heavy atom. The van der Waals surface area contributed by atoms with Gasteiger partial charge in [-0.15, -0.1) is 0 Å². The van der Waals surface area contributed by atoms with E-state index < -0.39 is 0 Å². The minimum Gasteiger partial charge on any atom is -0.396 e. The summed E-state index contributed by atoms with van der Waals surface area (Å²) in [5.41, 5.74) is 0. The smallest absolute Gasteiger partial charge is 0.232 e. The molecule has 1 aliphatic heterocycles. The number of ether oxygens (including phenoxy) is 1. The van der Waals surface area contributed by atoms with E-state index in [4.69, 9.17) is 14.4 Å². The molecule has 1 aromatic heterocycles. The molecule has 1 aliphatic rings. The Hall–Kier alpha value is -0.940. The molecule has 1 saturated heterocycles. The highest BCUT2D eigenvalue weighted by atomic mass is 16.5. The third-order valence-electron chi connectivity index (χ3n) is 2.10. The summed E-state index contributed by atoms with van der Waals surface area (Å²) in [6.07, 6.45) is 1.40. The molecule has 0 amide bonds. The molecule has 0 radical (unpaired) electrons. The summed E-state index contributed by atoms with van der Waals surface area (Å²) in [6, 6.07) is 0. The summed E-state index contributed by atoms with van der Waals surface area (Å²) in [4.78, 5) is 4.16. The van der Waals surface area contributed by atoms with Crippen molar-refractivity contribution in [3.05, 3.63) is 11.7 Å². The van der Waals surface area contributed by atoms with Crippen LogP contribution in [0, 0.1) is 0 Å². The molecule has 1 aromatic rings. The van der Waals surface area contributed by atoms with Crippen molar-refractivity contribution < 1.29 is 14.4 Å². The average Bonchev–Trinajstić information content (AvgIpc) is 2.70. The first-order valence-electron chi connectivity index (χ1n) is 4.41. The zero-order valence-electron chi connectivity index (χ0n) is 7.27. The van der Waals surface area contributed by atoms with Crippen molar-refractivity contribution in [2.75, 3.05) is 19.8 Å². The van der Waals surface area contributed by atoms with Crippen molar-refractivity contribution in [1.29, 1.82) is 0 Å². The van der Waals surface area contributed by atoms with E-state index in [-0.39, 0.29) is 12.5 Å². The van der Waals surface area contributed by atoms with Crippen molar-refractivity contribution in [3.63, 3.8) is 0 Å². The van der Waals surface area contributed by atoms with Crippen LogP contribution in [0.25, 0.3) is 0 Å². The van der Waals surface area contributed by atoms with Gasteiger partial charge >= 0.3 is 0 Å². The Bertz CT molecular complexity index is 268. The maximum absolute atomic E-state index is 8.65. The highest BCUT2D eigenvalue weighted by molar-refractivity contribution is 4.95. The van der Waals surface area contributed by atoms with Crippen LogP contribution in [0.4, 0.5) is 0 Å². The second-order valence-corrected chi connectivity index (χ2v) is 3.08. The van der Waals surface area contributed by atoms with E-state index in [1.807, 2.05) is 0 Å². The van der Waals surface area contributed by atoms with E-state index in [0.717, 1.165) is 13.0 Å². The minimum absolute atomic E-state index is 0.0557. The van der Waals surface area contributed by atoms with Crippen molar-refractivity contribution in [3.8, 4) is 0 Å². The highest BCUT2D eigenvalue weighted by Gasteiger charge is 2.23. The monoisotopic (exact) mass is 184 g/mol. The van der Waals surface area contributed by atoms with Gasteiger partial charge in [0, 0.05) is 13.0 Å². The summed E-state index contributed by atoms with van der Waals surface area (Å²) >= 11 is 0. The van der Waals surface area contributed by atoms with E-state index in [1.54, 1.807) is 0 Å². The van der Waals surface area contributed by atoms with Crippen LogP contribution in [-0.2, 0) is 11.2 Å². The fourth-order valence-electron chi connectivity index (χ4n) is 1.36. The number of aliphatic hydroxyl groups is 1. The number of hydrogen-bond acceptors (Lipinski definition) is 5. The summed E-state index contributed by atoms with van der Waals surface area (Å²) < 4.78 is 10.3.